The van der Waals surface area contributed by atoms with E-state index in [4.69, 9.17) is 4.74 Å². The SMILES string of the molecule is Cc1ccc(C)c(C(=O)NCc2ccccc2CS(=O)(=O)N2CCOCC2)c1. The van der Waals surface area contributed by atoms with Crippen LogP contribution in [0.4, 0.5) is 0 Å². The summed E-state index contributed by atoms with van der Waals surface area (Å²) in [5, 5.41) is 2.92. The summed E-state index contributed by atoms with van der Waals surface area (Å²) in [4.78, 5) is 12.6. The number of ether oxygens (including phenoxy) is 1. The van der Waals surface area contributed by atoms with Gasteiger partial charge >= 0.3 is 0 Å². The number of morpholine rings is 1. The van der Waals surface area contributed by atoms with Gasteiger partial charge in [0.25, 0.3) is 5.91 Å². The highest BCUT2D eigenvalue weighted by Crippen LogP contribution is 2.17. The number of benzene rings is 2. The Morgan fingerprint density at radius 1 is 1.07 bits per heavy atom. The Morgan fingerprint density at radius 3 is 2.46 bits per heavy atom. The fraction of sp³-hybridized carbons (Fsp3) is 0.381. The molecule has 1 amide bonds. The van der Waals surface area contributed by atoms with Crippen LogP contribution in [0.1, 0.15) is 32.6 Å². The maximum Gasteiger partial charge on any atom is 0.251 e. The first-order valence-corrected chi connectivity index (χ1v) is 11.0. The van der Waals surface area contributed by atoms with Gasteiger partial charge in [-0.2, -0.15) is 4.31 Å². The van der Waals surface area contributed by atoms with Crippen LogP contribution in [0.3, 0.4) is 0 Å². The van der Waals surface area contributed by atoms with E-state index in [-0.39, 0.29) is 18.2 Å². The Hall–Kier alpha value is -2.22. The molecule has 1 aliphatic heterocycles. The predicted molar refractivity (Wildman–Crippen MR) is 109 cm³/mol. The van der Waals surface area contributed by atoms with Gasteiger partial charge < -0.3 is 10.1 Å². The minimum atomic E-state index is -3.42. The summed E-state index contributed by atoms with van der Waals surface area (Å²) < 4.78 is 32.2. The minimum Gasteiger partial charge on any atom is -0.379 e. The molecule has 28 heavy (non-hydrogen) atoms. The van der Waals surface area contributed by atoms with E-state index >= 15 is 0 Å². The molecule has 0 atom stereocenters. The van der Waals surface area contributed by atoms with Gasteiger partial charge in [-0.15, -0.1) is 0 Å². The van der Waals surface area contributed by atoms with Crippen LogP contribution in [0, 0.1) is 13.8 Å². The van der Waals surface area contributed by atoms with Crippen LogP contribution >= 0.6 is 0 Å². The quantitative estimate of drug-likeness (QED) is 0.805. The first-order chi connectivity index (χ1) is 13.4. The first-order valence-electron chi connectivity index (χ1n) is 9.34. The molecule has 0 aromatic heterocycles. The summed E-state index contributed by atoms with van der Waals surface area (Å²) in [6.45, 7) is 5.74. The summed E-state index contributed by atoms with van der Waals surface area (Å²) >= 11 is 0. The first kappa shape index (κ1) is 20.5. The van der Waals surface area contributed by atoms with Gasteiger partial charge in [-0.1, -0.05) is 42.0 Å². The maximum absolute atomic E-state index is 12.7. The largest absolute Gasteiger partial charge is 0.379 e. The third-order valence-electron chi connectivity index (χ3n) is 4.90. The highest BCUT2D eigenvalue weighted by molar-refractivity contribution is 7.88. The standard InChI is InChI=1S/C21H26N2O4S/c1-16-7-8-17(2)20(13-16)21(24)22-14-18-5-3-4-6-19(18)15-28(25,26)23-9-11-27-12-10-23/h3-8,13H,9-12,14-15H2,1-2H3,(H,22,24). The van der Waals surface area contributed by atoms with Gasteiger partial charge in [0.2, 0.25) is 10.0 Å². The smallest absolute Gasteiger partial charge is 0.251 e. The Labute approximate surface area is 166 Å². The maximum atomic E-state index is 12.7. The monoisotopic (exact) mass is 402 g/mol. The molecule has 1 fully saturated rings. The molecule has 3 rings (SSSR count). The summed E-state index contributed by atoms with van der Waals surface area (Å²) in [5.74, 6) is -0.241. The third-order valence-corrected chi connectivity index (χ3v) is 6.72. The van der Waals surface area contributed by atoms with Crippen LogP contribution in [0.2, 0.25) is 0 Å². The van der Waals surface area contributed by atoms with Crippen molar-refractivity contribution in [2.75, 3.05) is 26.3 Å². The predicted octanol–water partition coefficient (Wildman–Crippen LogP) is 2.40. The second-order valence-electron chi connectivity index (χ2n) is 7.04. The molecule has 0 saturated carbocycles. The zero-order valence-electron chi connectivity index (χ0n) is 16.3. The highest BCUT2D eigenvalue weighted by Gasteiger charge is 2.25. The van der Waals surface area contributed by atoms with E-state index in [9.17, 15) is 13.2 Å². The van der Waals surface area contributed by atoms with Crippen molar-refractivity contribution in [3.63, 3.8) is 0 Å². The van der Waals surface area contributed by atoms with Crippen LogP contribution in [0.5, 0.6) is 0 Å². The molecule has 2 aromatic rings. The molecule has 150 valence electrons. The normalized spacial score (nSPS) is 15.4. The van der Waals surface area contributed by atoms with Crippen LogP contribution in [0.15, 0.2) is 42.5 Å². The van der Waals surface area contributed by atoms with Crippen molar-refractivity contribution in [2.45, 2.75) is 26.1 Å². The van der Waals surface area contributed by atoms with Gasteiger partial charge in [0.05, 0.1) is 19.0 Å². The number of hydrogen-bond donors (Lipinski definition) is 1. The van der Waals surface area contributed by atoms with Gasteiger partial charge in [0.1, 0.15) is 0 Å². The molecule has 1 saturated heterocycles. The van der Waals surface area contributed by atoms with E-state index in [1.54, 1.807) is 6.07 Å². The average molecular weight is 403 g/mol. The van der Waals surface area contributed by atoms with E-state index in [1.807, 2.05) is 50.2 Å². The van der Waals surface area contributed by atoms with Crippen molar-refractivity contribution in [3.05, 3.63) is 70.3 Å². The molecule has 0 bridgehead atoms. The molecule has 7 heteroatoms. The van der Waals surface area contributed by atoms with Crippen molar-refractivity contribution < 1.29 is 17.9 Å². The number of carbonyl (C=O) groups excluding carboxylic acids is 1. The van der Waals surface area contributed by atoms with E-state index in [1.165, 1.54) is 4.31 Å². The number of aryl methyl sites for hydroxylation is 2. The fourth-order valence-corrected chi connectivity index (χ4v) is 4.80. The zero-order chi connectivity index (χ0) is 20.1. The van der Waals surface area contributed by atoms with Crippen LogP contribution in [0.25, 0.3) is 0 Å². The Balaban J connectivity index is 1.72. The Kier molecular flexibility index (Phi) is 6.49. The van der Waals surface area contributed by atoms with Crippen LogP contribution in [-0.4, -0.2) is 44.9 Å². The molecular formula is C21H26N2O4S. The number of rotatable bonds is 6. The number of nitrogens with zero attached hydrogens (tertiary/aromatic N) is 1. The van der Waals surface area contributed by atoms with Crippen molar-refractivity contribution in [1.29, 1.82) is 0 Å². The average Bonchev–Trinajstić information content (AvgIpc) is 2.69. The highest BCUT2D eigenvalue weighted by atomic mass is 32.2. The molecule has 0 radical (unpaired) electrons. The Morgan fingerprint density at radius 2 is 1.75 bits per heavy atom. The summed E-state index contributed by atoms with van der Waals surface area (Å²) in [6.07, 6.45) is 0. The van der Waals surface area contributed by atoms with Crippen LogP contribution in [-0.2, 0) is 27.1 Å². The van der Waals surface area contributed by atoms with E-state index in [0.29, 0.717) is 37.4 Å². The summed E-state index contributed by atoms with van der Waals surface area (Å²) in [7, 11) is -3.42. The zero-order valence-corrected chi connectivity index (χ0v) is 17.1. The van der Waals surface area contributed by atoms with Gasteiger partial charge in [0.15, 0.2) is 0 Å². The minimum absolute atomic E-state index is 0.0808. The van der Waals surface area contributed by atoms with E-state index in [0.717, 1.165) is 16.7 Å². The third kappa shape index (κ3) is 4.98. The molecular weight excluding hydrogens is 376 g/mol. The van der Waals surface area contributed by atoms with Crippen LogP contribution < -0.4 is 5.32 Å². The molecule has 6 nitrogen and oxygen atoms in total. The topological polar surface area (TPSA) is 75.7 Å². The van der Waals surface area contributed by atoms with Crippen molar-refractivity contribution in [3.8, 4) is 0 Å². The van der Waals surface area contributed by atoms with Gasteiger partial charge in [0, 0.05) is 25.2 Å². The van der Waals surface area contributed by atoms with Crippen molar-refractivity contribution in [1.82, 2.24) is 9.62 Å². The molecule has 1 heterocycles. The Bertz CT molecular complexity index is 951. The van der Waals surface area contributed by atoms with Gasteiger partial charge in [-0.05, 0) is 36.6 Å². The molecule has 1 aliphatic rings. The number of nitrogens with one attached hydrogen (secondary N) is 1. The molecule has 2 aromatic carbocycles. The van der Waals surface area contributed by atoms with E-state index < -0.39 is 10.0 Å². The molecule has 0 spiro atoms. The lowest BCUT2D eigenvalue weighted by Gasteiger charge is -2.26. The number of carbonyl (C=O) groups is 1. The van der Waals surface area contributed by atoms with Gasteiger partial charge in [-0.3, -0.25) is 4.79 Å². The second kappa shape index (κ2) is 8.86. The van der Waals surface area contributed by atoms with E-state index in [2.05, 4.69) is 5.32 Å². The number of sulfonamides is 1. The second-order valence-corrected chi connectivity index (χ2v) is 9.01. The molecule has 0 unspecified atom stereocenters. The van der Waals surface area contributed by atoms with Gasteiger partial charge in [-0.25, -0.2) is 8.42 Å². The lowest BCUT2D eigenvalue weighted by atomic mass is 10.0. The summed E-state index contributed by atoms with van der Waals surface area (Å²) in [5.41, 5.74) is 4.07. The summed E-state index contributed by atoms with van der Waals surface area (Å²) in [6, 6.07) is 13.1. The lowest BCUT2D eigenvalue weighted by Crippen LogP contribution is -2.41. The van der Waals surface area contributed by atoms with Crippen molar-refractivity contribution in [2.24, 2.45) is 0 Å². The van der Waals surface area contributed by atoms with Crippen molar-refractivity contribution >= 4 is 15.9 Å². The lowest BCUT2D eigenvalue weighted by molar-refractivity contribution is 0.0729. The number of amides is 1. The number of hydrogen-bond acceptors (Lipinski definition) is 4. The fourth-order valence-electron chi connectivity index (χ4n) is 3.23. The molecule has 0 aliphatic carbocycles. The molecule has 1 N–H and O–H groups in total.